The number of benzene rings is 2. The van der Waals surface area contributed by atoms with E-state index in [-0.39, 0.29) is 11.8 Å². The fourth-order valence-electron chi connectivity index (χ4n) is 2.12. The van der Waals surface area contributed by atoms with Crippen LogP contribution < -0.4 is 5.32 Å². The zero-order chi connectivity index (χ0) is 15.5. The molecule has 0 aliphatic heterocycles. The van der Waals surface area contributed by atoms with Gasteiger partial charge in [0.05, 0.1) is 10.6 Å². The highest BCUT2D eigenvalue weighted by atomic mass is 79.9. The summed E-state index contributed by atoms with van der Waals surface area (Å²) >= 11 is 3.31. The van der Waals surface area contributed by atoms with Gasteiger partial charge in [0.1, 0.15) is 0 Å². The Morgan fingerprint density at radius 3 is 2.38 bits per heavy atom. The number of sulfone groups is 1. The summed E-state index contributed by atoms with van der Waals surface area (Å²) in [5.74, 6) is 0.0308. The van der Waals surface area contributed by atoms with Gasteiger partial charge in [0.2, 0.25) is 0 Å². The van der Waals surface area contributed by atoms with Crippen LogP contribution in [-0.2, 0) is 9.84 Å². The van der Waals surface area contributed by atoms with Gasteiger partial charge in [-0.2, -0.15) is 0 Å². The first-order valence-corrected chi connectivity index (χ1v) is 9.09. The lowest BCUT2D eigenvalue weighted by molar-refractivity contribution is 0.574. The summed E-state index contributed by atoms with van der Waals surface area (Å²) in [4.78, 5) is 0.337. The molecule has 1 N–H and O–H groups in total. The van der Waals surface area contributed by atoms with Crippen molar-refractivity contribution in [1.82, 2.24) is 5.32 Å². The lowest BCUT2D eigenvalue weighted by Gasteiger charge is -2.17. The molecule has 0 fully saturated rings. The molecule has 112 valence electrons. The third-order valence-corrected chi connectivity index (χ3v) is 5.61. The molecule has 2 aromatic carbocycles. The average molecular weight is 368 g/mol. The van der Waals surface area contributed by atoms with Crippen molar-refractivity contribution in [3.8, 4) is 0 Å². The molecule has 0 heterocycles. The maximum Gasteiger partial charge on any atom is 0.180 e. The lowest BCUT2D eigenvalue weighted by Crippen LogP contribution is -2.25. The summed E-state index contributed by atoms with van der Waals surface area (Å²) in [5.41, 5.74) is 2.13. The molecule has 0 radical (unpaired) electrons. The minimum atomic E-state index is -3.34. The van der Waals surface area contributed by atoms with Gasteiger partial charge >= 0.3 is 0 Å². The maximum atomic E-state index is 12.5. The Hall–Kier alpha value is -1.17. The maximum absolute atomic E-state index is 12.5. The predicted octanol–water partition coefficient (Wildman–Crippen LogP) is 3.49. The molecular weight excluding hydrogens is 350 g/mol. The van der Waals surface area contributed by atoms with Crippen LogP contribution >= 0.6 is 15.9 Å². The van der Waals surface area contributed by atoms with E-state index in [0.717, 1.165) is 15.6 Å². The van der Waals surface area contributed by atoms with Gasteiger partial charge in [-0.1, -0.05) is 51.8 Å². The van der Waals surface area contributed by atoms with Crippen molar-refractivity contribution in [3.63, 3.8) is 0 Å². The third kappa shape index (κ3) is 4.15. The molecule has 0 amide bonds. The largest absolute Gasteiger partial charge is 0.312 e. The first kappa shape index (κ1) is 16.2. The van der Waals surface area contributed by atoms with E-state index in [9.17, 15) is 8.42 Å². The molecular formula is C16H18BrNO2S. The van der Waals surface area contributed by atoms with E-state index >= 15 is 0 Å². The van der Waals surface area contributed by atoms with Gasteiger partial charge in [-0.05, 0) is 37.7 Å². The molecule has 0 aliphatic rings. The van der Waals surface area contributed by atoms with Crippen molar-refractivity contribution >= 4 is 25.8 Å². The Balaban J connectivity index is 2.27. The van der Waals surface area contributed by atoms with Crippen molar-refractivity contribution in [2.75, 3.05) is 12.8 Å². The van der Waals surface area contributed by atoms with Crippen LogP contribution in [0.25, 0.3) is 0 Å². The molecule has 0 aliphatic carbocycles. The summed E-state index contributed by atoms with van der Waals surface area (Å²) in [6.45, 7) is 2.01. The Kier molecular flexibility index (Phi) is 5.19. The first-order valence-electron chi connectivity index (χ1n) is 6.64. The van der Waals surface area contributed by atoms with E-state index in [1.807, 2.05) is 37.3 Å². The summed E-state index contributed by atoms with van der Waals surface area (Å²) in [7, 11) is -1.57. The standard InChI is InChI=1S/C16H18BrNO2S/c1-12-6-8-13(9-7-12)16(18-2)11-21(19,20)15-5-3-4-14(17)10-15/h3-10,16,18H,11H2,1-2H3. The van der Waals surface area contributed by atoms with Crippen molar-refractivity contribution in [3.05, 3.63) is 64.1 Å². The Labute approximate surface area is 134 Å². The molecule has 5 heteroatoms. The molecule has 2 rings (SSSR count). The van der Waals surface area contributed by atoms with Crippen molar-refractivity contribution < 1.29 is 8.42 Å². The number of hydrogen-bond acceptors (Lipinski definition) is 3. The number of halogens is 1. The average Bonchev–Trinajstić information content (AvgIpc) is 2.46. The topological polar surface area (TPSA) is 46.2 Å². The van der Waals surface area contributed by atoms with Gasteiger partial charge in [0, 0.05) is 10.5 Å². The smallest absolute Gasteiger partial charge is 0.180 e. The molecule has 0 spiro atoms. The van der Waals surface area contributed by atoms with E-state index in [1.54, 1.807) is 25.2 Å². The summed E-state index contributed by atoms with van der Waals surface area (Å²) in [5, 5.41) is 3.09. The highest BCUT2D eigenvalue weighted by molar-refractivity contribution is 9.10. The highest BCUT2D eigenvalue weighted by Gasteiger charge is 2.21. The van der Waals surface area contributed by atoms with Gasteiger partial charge in [0.15, 0.2) is 9.84 Å². The molecule has 0 saturated carbocycles. The molecule has 3 nitrogen and oxygen atoms in total. The zero-order valence-electron chi connectivity index (χ0n) is 12.0. The van der Waals surface area contributed by atoms with Crippen molar-refractivity contribution in [1.29, 1.82) is 0 Å². The molecule has 0 saturated heterocycles. The fraction of sp³-hybridized carbons (Fsp3) is 0.250. The van der Waals surface area contributed by atoms with Gasteiger partial charge in [-0.15, -0.1) is 0 Å². The van der Waals surface area contributed by atoms with Gasteiger partial charge in [-0.3, -0.25) is 0 Å². The van der Waals surface area contributed by atoms with Crippen LogP contribution in [0.15, 0.2) is 57.9 Å². The molecule has 0 aromatic heterocycles. The number of rotatable bonds is 5. The van der Waals surface area contributed by atoms with Gasteiger partial charge < -0.3 is 5.32 Å². The molecule has 21 heavy (non-hydrogen) atoms. The van der Waals surface area contributed by atoms with Crippen molar-refractivity contribution in [2.45, 2.75) is 17.9 Å². The lowest BCUT2D eigenvalue weighted by atomic mass is 10.1. The first-order chi connectivity index (χ1) is 9.92. The molecule has 0 bridgehead atoms. The summed E-state index contributed by atoms with van der Waals surface area (Å²) in [6.07, 6.45) is 0. The fourth-order valence-corrected chi connectivity index (χ4v) is 4.25. The van der Waals surface area contributed by atoms with Crippen LogP contribution in [0, 0.1) is 6.92 Å². The van der Waals surface area contributed by atoms with Crippen LogP contribution in [0.2, 0.25) is 0 Å². The third-order valence-electron chi connectivity index (χ3n) is 3.37. The van der Waals surface area contributed by atoms with Crippen LogP contribution in [0.4, 0.5) is 0 Å². The second kappa shape index (κ2) is 6.73. The van der Waals surface area contributed by atoms with Gasteiger partial charge in [-0.25, -0.2) is 8.42 Å². The van der Waals surface area contributed by atoms with Crippen LogP contribution in [0.5, 0.6) is 0 Å². The van der Waals surface area contributed by atoms with Crippen LogP contribution in [-0.4, -0.2) is 21.2 Å². The number of hydrogen-bond donors (Lipinski definition) is 1. The number of aryl methyl sites for hydroxylation is 1. The van der Waals surface area contributed by atoms with Crippen LogP contribution in [0.3, 0.4) is 0 Å². The minimum absolute atomic E-state index is 0.0308. The Morgan fingerprint density at radius 2 is 1.81 bits per heavy atom. The predicted molar refractivity (Wildman–Crippen MR) is 89.2 cm³/mol. The molecule has 1 unspecified atom stereocenters. The second-order valence-corrected chi connectivity index (χ2v) is 7.94. The normalized spacial score (nSPS) is 13.1. The monoisotopic (exact) mass is 367 g/mol. The Bertz CT molecular complexity index is 711. The van der Waals surface area contributed by atoms with E-state index in [4.69, 9.17) is 0 Å². The quantitative estimate of drug-likeness (QED) is 0.879. The minimum Gasteiger partial charge on any atom is -0.312 e. The number of nitrogens with one attached hydrogen (secondary N) is 1. The second-order valence-electron chi connectivity index (χ2n) is 4.99. The summed E-state index contributed by atoms with van der Waals surface area (Å²) < 4.78 is 25.8. The Morgan fingerprint density at radius 1 is 1.14 bits per heavy atom. The molecule has 2 aromatic rings. The van der Waals surface area contributed by atoms with E-state index in [1.165, 1.54) is 0 Å². The highest BCUT2D eigenvalue weighted by Crippen LogP contribution is 2.22. The van der Waals surface area contributed by atoms with Crippen LogP contribution in [0.1, 0.15) is 17.2 Å². The van der Waals surface area contributed by atoms with E-state index < -0.39 is 9.84 Å². The summed E-state index contributed by atoms with van der Waals surface area (Å²) in [6, 6.07) is 14.5. The van der Waals surface area contributed by atoms with Crippen molar-refractivity contribution in [2.24, 2.45) is 0 Å². The zero-order valence-corrected chi connectivity index (χ0v) is 14.4. The van der Waals surface area contributed by atoms with Gasteiger partial charge in [0.25, 0.3) is 0 Å². The van der Waals surface area contributed by atoms with E-state index in [2.05, 4.69) is 21.2 Å². The van der Waals surface area contributed by atoms with E-state index in [0.29, 0.717) is 4.90 Å². The molecule has 1 atom stereocenters. The SMILES string of the molecule is CNC(CS(=O)(=O)c1cccc(Br)c1)c1ccc(C)cc1.